The van der Waals surface area contributed by atoms with E-state index in [9.17, 15) is 0 Å². The van der Waals surface area contributed by atoms with Gasteiger partial charge in [0.1, 0.15) is 16.9 Å². The molecule has 0 aliphatic carbocycles. The Morgan fingerprint density at radius 3 is 2.80 bits per heavy atom. The number of fused-ring (bicyclic) bond motifs is 1. The number of hydrogen-bond acceptors (Lipinski definition) is 5. The van der Waals surface area contributed by atoms with Crippen LogP contribution in [-0.4, -0.2) is 26.5 Å². The van der Waals surface area contributed by atoms with Crippen LogP contribution in [0.3, 0.4) is 0 Å². The maximum Gasteiger partial charge on any atom is 0.181 e. The molecule has 0 fully saturated rings. The third-order valence-electron chi connectivity index (χ3n) is 2.91. The van der Waals surface area contributed by atoms with Gasteiger partial charge in [-0.25, -0.2) is 15.0 Å². The van der Waals surface area contributed by atoms with Crippen molar-refractivity contribution in [3.05, 3.63) is 42.5 Å². The molecule has 0 radical (unpaired) electrons. The molecule has 0 unspecified atom stereocenters. The van der Waals surface area contributed by atoms with Crippen LogP contribution in [0.1, 0.15) is 12.5 Å². The van der Waals surface area contributed by atoms with Gasteiger partial charge in [0.2, 0.25) is 0 Å². The van der Waals surface area contributed by atoms with Gasteiger partial charge in [-0.1, -0.05) is 30.8 Å². The average Bonchev–Trinajstić information content (AvgIpc) is 2.96. The molecule has 0 saturated heterocycles. The van der Waals surface area contributed by atoms with Crippen molar-refractivity contribution >= 4 is 22.9 Å². The fourth-order valence-electron chi connectivity index (χ4n) is 1.88. The van der Waals surface area contributed by atoms with Gasteiger partial charge in [0.15, 0.2) is 5.65 Å². The predicted octanol–water partition coefficient (Wildman–Crippen LogP) is 2.61. The second-order valence-corrected chi connectivity index (χ2v) is 5.37. The third kappa shape index (κ3) is 2.81. The molecule has 0 aliphatic heterocycles. The summed E-state index contributed by atoms with van der Waals surface area (Å²) in [7, 11) is 0. The number of aromatic nitrogens is 4. The first-order valence-electron chi connectivity index (χ1n) is 6.48. The van der Waals surface area contributed by atoms with Crippen molar-refractivity contribution in [3.63, 3.8) is 0 Å². The lowest BCUT2D eigenvalue weighted by atomic mass is 10.2. The molecule has 2 N–H and O–H groups in total. The van der Waals surface area contributed by atoms with Gasteiger partial charge in [-0.05, 0) is 24.2 Å². The molecule has 3 rings (SSSR count). The fourth-order valence-corrected chi connectivity index (χ4v) is 2.72. The van der Waals surface area contributed by atoms with Gasteiger partial charge in [0, 0.05) is 11.4 Å². The monoisotopic (exact) mass is 285 g/mol. The molecule has 0 atom stereocenters. The summed E-state index contributed by atoms with van der Waals surface area (Å²) in [6.45, 7) is 3.99. The fraction of sp³-hybridized carbons (Fsp3) is 0.214. The Balaban J connectivity index is 1.79. The minimum absolute atomic E-state index is 0.700. The van der Waals surface area contributed by atoms with Gasteiger partial charge in [-0.2, -0.15) is 0 Å². The zero-order valence-corrected chi connectivity index (χ0v) is 11.9. The highest BCUT2D eigenvalue weighted by Gasteiger charge is 2.07. The Hall–Kier alpha value is -1.92. The highest BCUT2D eigenvalue weighted by atomic mass is 32.2. The smallest absolute Gasteiger partial charge is 0.181 e. The summed E-state index contributed by atoms with van der Waals surface area (Å²) in [5.41, 5.74) is 2.87. The van der Waals surface area contributed by atoms with E-state index in [0.29, 0.717) is 5.65 Å². The third-order valence-corrected chi connectivity index (χ3v) is 3.92. The maximum atomic E-state index is 4.31. The van der Waals surface area contributed by atoms with E-state index in [4.69, 9.17) is 0 Å². The topological polar surface area (TPSA) is 66.5 Å². The highest BCUT2D eigenvalue weighted by Crippen LogP contribution is 2.29. The van der Waals surface area contributed by atoms with Crippen LogP contribution < -0.4 is 5.32 Å². The van der Waals surface area contributed by atoms with Crippen LogP contribution >= 0.6 is 11.8 Å². The van der Waals surface area contributed by atoms with E-state index in [0.717, 1.165) is 28.5 Å². The van der Waals surface area contributed by atoms with Crippen LogP contribution in [0.25, 0.3) is 11.2 Å². The number of aromatic amines is 1. The zero-order valence-electron chi connectivity index (χ0n) is 11.1. The van der Waals surface area contributed by atoms with Crippen LogP contribution in [0.5, 0.6) is 0 Å². The minimum Gasteiger partial charge on any atom is -0.341 e. The Labute approximate surface area is 121 Å². The summed E-state index contributed by atoms with van der Waals surface area (Å²) in [6.07, 6.45) is 3.19. The van der Waals surface area contributed by atoms with Crippen LogP contribution in [-0.2, 0) is 6.54 Å². The van der Waals surface area contributed by atoms with Gasteiger partial charge in [0.05, 0.1) is 6.33 Å². The van der Waals surface area contributed by atoms with E-state index in [1.54, 1.807) is 24.4 Å². The molecule has 1 aromatic carbocycles. The standard InChI is InChI=1S/C14H15N5S/c1-2-15-7-10-3-5-11(6-4-10)20-14-12-13(17-8-16-12)18-9-19-14/h3-6,8-9,15H,2,7H2,1H3,(H,16,17,18,19). The van der Waals surface area contributed by atoms with Crippen molar-refractivity contribution in [3.8, 4) is 0 Å². The number of rotatable bonds is 5. The van der Waals surface area contributed by atoms with Crippen LogP contribution in [0.4, 0.5) is 0 Å². The number of nitrogens with zero attached hydrogens (tertiary/aromatic N) is 3. The summed E-state index contributed by atoms with van der Waals surface area (Å²) < 4.78 is 0. The van der Waals surface area contributed by atoms with Gasteiger partial charge in [0.25, 0.3) is 0 Å². The molecule has 0 bridgehead atoms. The zero-order chi connectivity index (χ0) is 13.8. The van der Waals surface area contributed by atoms with Gasteiger partial charge < -0.3 is 10.3 Å². The molecule has 0 spiro atoms. The van der Waals surface area contributed by atoms with Crippen LogP contribution in [0, 0.1) is 0 Å². The Bertz CT molecular complexity index is 692. The highest BCUT2D eigenvalue weighted by molar-refractivity contribution is 7.99. The summed E-state index contributed by atoms with van der Waals surface area (Å²) in [4.78, 5) is 16.8. The summed E-state index contributed by atoms with van der Waals surface area (Å²) in [5, 5.41) is 4.21. The van der Waals surface area contributed by atoms with Crippen LogP contribution in [0.2, 0.25) is 0 Å². The lowest BCUT2D eigenvalue weighted by Gasteiger charge is -2.04. The molecule has 2 aromatic heterocycles. The number of H-pyrrole nitrogens is 1. The quantitative estimate of drug-likeness (QED) is 0.705. The van der Waals surface area contributed by atoms with E-state index in [2.05, 4.69) is 56.4 Å². The first-order valence-corrected chi connectivity index (χ1v) is 7.30. The SMILES string of the molecule is CCNCc1ccc(Sc2ncnc3nc[nH]c23)cc1. The molecule has 0 saturated carbocycles. The van der Waals surface area contributed by atoms with Crippen molar-refractivity contribution in [2.75, 3.05) is 6.54 Å². The van der Waals surface area contributed by atoms with Crippen molar-refractivity contribution in [2.24, 2.45) is 0 Å². The van der Waals surface area contributed by atoms with Crippen LogP contribution in [0.15, 0.2) is 46.8 Å². The molecule has 0 aliphatic rings. The van der Waals surface area contributed by atoms with E-state index in [-0.39, 0.29) is 0 Å². The molecule has 3 aromatic rings. The normalized spacial score (nSPS) is 11.1. The first kappa shape index (κ1) is 13.1. The second-order valence-electron chi connectivity index (χ2n) is 4.31. The molecule has 6 heteroatoms. The predicted molar refractivity (Wildman–Crippen MR) is 79.6 cm³/mol. The van der Waals surface area contributed by atoms with Crippen molar-refractivity contribution in [2.45, 2.75) is 23.4 Å². The van der Waals surface area contributed by atoms with E-state index >= 15 is 0 Å². The Morgan fingerprint density at radius 2 is 2.00 bits per heavy atom. The van der Waals surface area contributed by atoms with E-state index < -0.39 is 0 Å². The lowest BCUT2D eigenvalue weighted by Crippen LogP contribution is -2.11. The van der Waals surface area contributed by atoms with Crippen molar-refractivity contribution in [1.82, 2.24) is 25.3 Å². The second kappa shape index (κ2) is 6.02. The van der Waals surface area contributed by atoms with Crippen molar-refractivity contribution in [1.29, 1.82) is 0 Å². The van der Waals surface area contributed by atoms with Crippen molar-refractivity contribution < 1.29 is 0 Å². The average molecular weight is 285 g/mol. The maximum absolute atomic E-state index is 4.31. The van der Waals surface area contributed by atoms with Gasteiger partial charge >= 0.3 is 0 Å². The number of hydrogen-bond donors (Lipinski definition) is 2. The summed E-state index contributed by atoms with van der Waals surface area (Å²) >= 11 is 1.61. The number of benzene rings is 1. The molecule has 5 nitrogen and oxygen atoms in total. The minimum atomic E-state index is 0.700. The molecule has 20 heavy (non-hydrogen) atoms. The van der Waals surface area contributed by atoms with E-state index in [1.165, 1.54) is 5.56 Å². The Morgan fingerprint density at radius 1 is 1.15 bits per heavy atom. The van der Waals surface area contributed by atoms with E-state index in [1.807, 2.05) is 0 Å². The first-order chi connectivity index (χ1) is 9.86. The molecule has 0 amide bonds. The summed E-state index contributed by atoms with van der Waals surface area (Å²) in [6, 6.07) is 8.50. The summed E-state index contributed by atoms with van der Waals surface area (Å²) in [5.74, 6) is 0. The molecular weight excluding hydrogens is 270 g/mol. The Kier molecular flexibility index (Phi) is 3.94. The van der Waals surface area contributed by atoms with Gasteiger partial charge in [-0.15, -0.1) is 0 Å². The molecule has 2 heterocycles. The molecule has 102 valence electrons. The number of imidazole rings is 1. The van der Waals surface area contributed by atoms with Gasteiger partial charge in [-0.3, -0.25) is 0 Å². The number of nitrogens with one attached hydrogen (secondary N) is 2. The largest absolute Gasteiger partial charge is 0.341 e. The lowest BCUT2D eigenvalue weighted by molar-refractivity contribution is 0.726. The molecular formula is C14H15N5S.